The van der Waals surface area contributed by atoms with Crippen LogP contribution in [0.1, 0.15) is 18.7 Å². The zero-order valence-electron chi connectivity index (χ0n) is 12.1. The fourth-order valence-electron chi connectivity index (χ4n) is 2.90. The highest BCUT2D eigenvalue weighted by atomic mass is 16.3. The van der Waals surface area contributed by atoms with E-state index in [1.165, 1.54) is 0 Å². The molecule has 1 aliphatic rings. The monoisotopic (exact) mass is 288 g/mol. The molecule has 2 heterocycles. The molecule has 6 nitrogen and oxygen atoms in total. The molecule has 0 aliphatic carbocycles. The standard InChI is InChI=1S/C15H20N4O2/c1-18-13-7-3-2-6-12(13)17-14(18)9-16-15(21)19-8-4-5-11(19)10-20/h2-3,6-7,11,20H,4-5,8-10H2,1H3,(H,16,21)/t11-/m1/s1. The van der Waals surface area contributed by atoms with Crippen molar-refractivity contribution < 1.29 is 9.90 Å². The van der Waals surface area contributed by atoms with E-state index in [0.29, 0.717) is 13.1 Å². The lowest BCUT2D eigenvalue weighted by atomic mass is 10.2. The van der Waals surface area contributed by atoms with Gasteiger partial charge in [0.15, 0.2) is 0 Å². The summed E-state index contributed by atoms with van der Waals surface area (Å²) in [6, 6.07) is 7.72. The van der Waals surface area contributed by atoms with Gasteiger partial charge in [-0.25, -0.2) is 9.78 Å². The number of rotatable bonds is 3. The molecule has 1 atom stereocenters. The molecule has 2 amide bonds. The molecule has 1 aromatic carbocycles. The van der Waals surface area contributed by atoms with Crippen molar-refractivity contribution in [2.75, 3.05) is 13.2 Å². The van der Waals surface area contributed by atoms with Gasteiger partial charge in [-0.15, -0.1) is 0 Å². The Bertz CT molecular complexity index is 652. The number of para-hydroxylation sites is 2. The number of hydrogen-bond acceptors (Lipinski definition) is 3. The zero-order chi connectivity index (χ0) is 14.8. The van der Waals surface area contributed by atoms with E-state index in [4.69, 9.17) is 0 Å². The molecule has 1 aliphatic heterocycles. The van der Waals surface area contributed by atoms with Gasteiger partial charge in [0, 0.05) is 13.6 Å². The van der Waals surface area contributed by atoms with Crippen LogP contribution in [0.5, 0.6) is 0 Å². The van der Waals surface area contributed by atoms with Crippen molar-refractivity contribution in [2.45, 2.75) is 25.4 Å². The predicted molar refractivity (Wildman–Crippen MR) is 79.8 cm³/mol. The van der Waals surface area contributed by atoms with Gasteiger partial charge in [0.2, 0.25) is 0 Å². The molecule has 1 fully saturated rings. The summed E-state index contributed by atoms with van der Waals surface area (Å²) >= 11 is 0. The molecule has 0 radical (unpaired) electrons. The fourth-order valence-corrected chi connectivity index (χ4v) is 2.90. The summed E-state index contributed by atoms with van der Waals surface area (Å²) in [5.74, 6) is 0.823. The molecule has 0 bridgehead atoms. The number of likely N-dealkylation sites (tertiary alicyclic amines) is 1. The molecule has 1 saturated heterocycles. The lowest BCUT2D eigenvalue weighted by Crippen LogP contribution is -2.44. The van der Waals surface area contributed by atoms with Crippen LogP contribution in [-0.4, -0.2) is 44.8 Å². The lowest BCUT2D eigenvalue weighted by Gasteiger charge is -2.23. The molecule has 2 N–H and O–H groups in total. The molecule has 0 unspecified atom stereocenters. The van der Waals surface area contributed by atoms with E-state index in [9.17, 15) is 9.90 Å². The third-order valence-corrected chi connectivity index (χ3v) is 4.13. The number of urea groups is 1. The molecule has 21 heavy (non-hydrogen) atoms. The lowest BCUT2D eigenvalue weighted by molar-refractivity contribution is 0.156. The van der Waals surface area contributed by atoms with Gasteiger partial charge < -0.3 is 19.9 Å². The molecular weight excluding hydrogens is 268 g/mol. The molecule has 3 rings (SSSR count). The van der Waals surface area contributed by atoms with E-state index in [1.54, 1.807) is 4.90 Å². The van der Waals surface area contributed by atoms with Crippen LogP contribution in [0.15, 0.2) is 24.3 Å². The molecular formula is C15H20N4O2. The number of hydrogen-bond donors (Lipinski definition) is 2. The topological polar surface area (TPSA) is 70.4 Å². The Labute approximate surface area is 123 Å². The summed E-state index contributed by atoms with van der Waals surface area (Å²) in [7, 11) is 1.95. The van der Waals surface area contributed by atoms with Crippen LogP contribution in [0.25, 0.3) is 11.0 Å². The number of carbonyl (C=O) groups excluding carboxylic acids is 1. The first-order valence-electron chi connectivity index (χ1n) is 7.26. The van der Waals surface area contributed by atoms with Gasteiger partial charge in [-0.1, -0.05) is 12.1 Å². The van der Waals surface area contributed by atoms with Crippen LogP contribution < -0.4 is 5.32 Å². The fraction of sp³-hybridized carbons (Fsp3) is 0.467. The Morgan fingerprint density at radius 3 is 3.05 bits per heavy atom. The second kappa shape index (κ2) is 5.73. The highest BCUT2D eigenvalue weighted by Gasteiger charge is 2.27. The summed E-state index contributed by atoms with van der Waals surface area (Å²) in [6.45, 7) is 1.12. The number of aliphatic hydroxyl groups is 1. The van der Waals surface area contributed by atoms with E-state index >= 15 is 0 Å². The largest absolute Gasteiger partial charge is 0.394 e. The van der Waals surface area contributed by atoms with Gasteiger partial charge in [-0.2, -0.15) is 0 Å². The second-order valence-electron chi connectivity index (χ2n) is 5.41. The highest BCUT2D eigenvalue weighted by molar-refractivity contribution is 5.77. The zero-order valence-corrected chi connectivity index (χ0v) is 12.1. The minimum Gasteiger partial charge on any atom is -0.394 e. The van der Waals surface area contributed by atoms with Crippen LogP contribution in [0, 0.1) is 0 Å². The first-order valence-corrected chi connectivity index (χ1v) is 7.26. The number of nitrogens with one attached hydrogen (secondary N) is 1. The van der Waals surface area contributed by atoms with Crippen LogP contribution in [0.3, 0.4) is 0 Å². The van der Waals surface area contributed by atoms with E-state index in [1.807, 2.05) is 35.9 Å². The van der Waals surface area contributed by atoms with Gasteiger partial charge in [-0.05, 0) is 25.0 Å². The van der Waals surface area contributed by atoms with Gasteiger partial charge in [0.25, 0.3) is 0 Å². The summed E-state index contributed by atoms with van der Waals surface area (Å²) in [5.41, 5.74) is 1.98. The Morgan fingerprint density at radius 2 is 2.29 bits per heavy atom. The molecule has 6 heteroatoms. The van der Waals surface area contributed by atoms with E-state index in [0.717, 1.165) is 29.7 Å². The van der Waals surface area contributed by atoms with Crippen molar-refractivity contribution >= 4 is 17.1 Å². The Morgan fingerprint density at radius 1 is 1.48 bits per heavy atom. The minimum atomic E-state index is -0.126. The number of imidazole rings is 1. The van der Waals surface area contributed by atoms with Gasteiger partial charge >= 0.3 is 6.03 Å². The predicted octanol–water partition coefficient (Wildman–Crippen LogP) is 1.24. The maximum absolute atomic E-state index is 12.2. The van der Waals surface area contributed by atoms with Crippen molar-refractivity contribution in [1.82, 2.24) is 19.8 Å². The molecule has 2 aromatic rings. The van der Waals surface area contributed by atoms with Crippen LogP contribution >= 0.6 is 0 Å². The van der Waals surface area contributed by atoms with Crippen molar-refractivity contribution in [3.8, 4) is 0 Å². The quantitative estimate of drug-likeness (QED) is 0.892. The SMILES string of the molecule is Cn1c(CNC(=O)N2CCC[C@@H]2CO)nc2ccccc21. The Kier molecular flexibility index (Phi) is 3.79. The smallest absolute Gasteiger partial charge is 0.318 e. The number of benzene rings is 1. The van der Waals surface area contributed by atoms with Crippen LogP contribution in [0.4, 0.5) is 4.79 Å². The first kappa shape index (κ1) is 13.9. The summed E-state index contributed by atoms with van der Waals surface area (Å²) in [5, 5.41) is 12.2. The van der Waals surface area contributed by atoms with Crippen molar-refractivity contribution in [1.29, 1.82) is 0 Å². The number of amides is 2. The van der Waals surface area contributed by atoms with Crippen molar-refractivity contribution in [3.63, 3.8) is 0 Å². The van der Waals surface area contributed by atoms with Gasteiger partial charge in [0.05, 0.1) is 30.2 Å². The van der Waals surface area contributed by atoms with E-state index in [-0.39, 0.29) is 18.7 Å². The average molecular weight is 288 g/mol. The normalized spacial score (nSPS) is 18.4. The third-order valence-electron chi connectivity index (χ3n) is 4.13. The number of nitrogens with zero attached hydrogens (tertiary/aromatic N) is 3. The Hall–Kier alpha value is -2.08. The van der Waals surface area contributed by atoms with E-state index < -0.39 is 0 Å². The number of aliphatic hydroxyl groups excluding tert-OH is 1. The maximum atomic E-state index is 12.2. The second-order valence-corrected chi connectivity index (χ2v) is 5.41. The van der Waals surface area contributed by atoms with Crippen LogP contribution in [0.2, 0.25) is 0 Å². The molecule has 0 spiro atoms. The number of aryl methyl sites for hydroxylation is 1. The Balaban J connectivity index is 1.69. The van der Waals surface area contributed by atoms with Crippen molar-refractivity contribution in [2.24, 2.45) is 7.05 Å². The maximum Gasteiger partial charge on any atom is 0.318 e. The summed E-state index contributed by atoms with van der Waals surface area (Å²) in [4.78, 5) is 18.4. The average Bonchev–Trinajstić information content (AvgIpc) is 3.10. The molecule has 112 valence electrons. The summed E-state index contributed by atoms with van der Waals surface area (Å²) in [6.07, 6.45) is 1.82. The first-order chi connectivity index (χ1) is 10.2. The van der Waals surface area contributed by atoms with Crippen LogP contribution in [-0.2, 0) is 13.6 Å². The number of carbonyl (C=O) groups is 1. The third kappa shape index (κ3) is 2.58. The molecule has 0 saturated carbocycles. The molecule has 1 aromatic heterocycles. The van der Waals surface area contributed by atoms with E-state index in [2.05, 4.69) is 10.3 Å². The van der Waals surface area contributed by atoms with Gasteiger partial charge in [-0.3, -0.25) is 0 Å². The summed E-state index contributed by atoms with van der Waals surface area (Å²) < 4.78 is 1.99. The van der Waals surface area contributed by atoms with Gasteiger partial charge in [0.1, 0.15) is 5.82 Å². The van der Waals surface area contributed by atoms with Crippen molar-refractivity contribution in [3.05, 3.63) is 30.1 Å². The number of aromatic nitrogens is 2. The number of fused-ring (bicyclic) bond motifs is 1. The highest BCUT2D eigenvalue weighted by Crippen LogP contribution is 2.17. The minimum absolute atomic E-state index is 0.0275.